The molecule has 2 saturated carbocycles. The van der Waals surface area contributed by atoms with E-state index in [2.05, 4.69) is 62.7 Å². The number of hydrogen-bond donors (Lipinski definition) is 2. The van der Waals surface area contributed by atoms with E-state index >= 15 is 0 Å². The molecule has 4 unspecified atom stereocenters. The zero-order chi connectivity index (χ0) is 13.4. The minimum absolute atomic E-state index is 0. The maximum absolute atomic E-state index is 4.31. The second-order valence-electron chi connectivity index (χ2n) is 5.68. The van der Waals surface area contributed by atoms with Gasteiger partial charge in [-0.05, 0) is 36.5 Å². The molecule has 2 aliphatic carbocycles. The molecule has 0 heterocycles. The fourth-order valence-corrected chi connectivity index (χ4v) is 2.74. The van der Waals surface area contributed by atoms with E-state index in [4.69, 9.17) is 0 Å². The summed E-state index contributed by atoms with van der Waals surface area (Å²) < 4.78 is 1.14. The molecule has 2 N–H and O–H groups in total. The first-order chi connectivity index (χ1) is 9.17. The first kappa shape index (κ1) is 16.1. The molecule has 3 rings (SSSR count). The highest BCUT2D eigenvalue weighted by Gasteiger charge is 2.40. The molecule has 20 heavy (non-hydrogen) atoms. The van der Waals surface area contributed by atoms with Crippen LogP contribution in [0.2, 0.25) is 0 Å². The molecule has 3 nitrogen and oxygen atoms in total. The van der Waals surface area contributed by atoms with E-state index in [1.54, 1.807) is 0 Å². The predicted molar refractivity (Wildman–Crippen MR) is 97.9 cm³/mol. The Morgan fingerprint density at radius 1 is 1.15 bits per heavy atom. The largest absolute Gasteiger partial charge is 0.353 e. The van der Waals surface area contributed by atoms with Crippen molar-refractivity contribution in [2.75, 3.05) is 7.05 Å². The van der Waals surface area contributed by atoms with E-state index in [0.717, 1.165) is 16.4 Å². The summed E-state index contributed by atoms with van der Waals surface area (Å²) in [6.45, 7) is 2.27. The molecule has 0 amide bonds. The molecule has 0 radical (unpaired) electrons. The standard InChI is InChI=1S/C15H20BrN3.HI/c1-9-7-13(9)18-15(17-2)19-14-8-12(14)10-3-5-11(16)6-4-10;/h3-6,9,12-14H,7-8H2,1-2H3,(H2,17,18,19);1H. The molecule has 5 heteroatoms. The Labute approximate surface area is 146 Å². The topological polar surface area (TPSA) is 36.4 Å². The van der Waals surface area contributed by atoms with Crippen LogP contribution in [0.4, 0.5) is 0 Å². The molecule has 2 aliphatic rings. The third-order valence-electron chi connectivity index (χ3n) is 4.07. The van der Waals surface area contributed by atoms with Gasteiger partial charge in [-0.25, -0.2) is 0 Å². The second kappa shape index (κ2) is 6.64. The van der Waals surface area contributed by atoms with Crippen LogP contribution >= 0.6 is 39.9 Å². The monoisotopic (exact) mass is 449 g/mol. The molecule has 2 fully saturated rings. The van der Waals surface area contributed by atoms with Gasteiger partial charge in [0, 0.05) is 29.5 Å². The van der Waals surface area contributed by atoms with Gasteiger partial charge in [0.2, 0.25) is 0 Å². The number of nitrogens with one attached hydrogen (secondary N) is 2. The van der Waals surface area contributed by atoms with E-state index in [-0.39, 0.29) is 24.0 Å². The molecule has 0 aromatic heterocycles. The lowest BCUT2D eigenvalue weighted by Gasteiger charge is -2.11. The third-order valence-corrected chi connectivity index (χ3v) is 4.59. The smallest absolute Gasteiger partial charge is 0.191 e. The minimum atomic E-state index is 0. The normalized spacial score (nSPS) is 31.2. The van der Waals surface area contributed by atoms with Crippen LogP contribution in [-0.4, -0.2) is 25.1 Å². The SMILES string of the molecule is CN=C(NC1CC1C)NC1CC1c1ccc(Br)cc1.I. The Hall–Kier alpha value is -0.300. The van der Waals surface area contributed by atoms with Crippen LogP contribution in [0.15, 0.2) is 33.7 Å². The number of halogens is 2. The van der Waals surface area contributed by atoms with Crippen LogP contribution < -0.4 is 10.6 Å². The van der Waals surface area contributed by atoms with Gasteiger partial charge in [-0.15, -0.1) is 24.0 Å². The number of benzene rings is 1. The maximum atomic E-state index is 4.31. The Balaban J connectivity index is 0.00000147. The highest BCUT2D eigenvalue weighted by atomic mass is 127. The number of nitrogens with zero attached hydrogens (tertiary/aromatic N) is 1. The molecule has 0 saturated heterocycles. The molecule has 0 aliphatic heterocycles. The fourth-order valence-electron chi connectivity index (χ4n) is 2.48. The Morgan fingerprint density at radius 3 is 2.30 bits per heavy atom. The quantitative estimate of drug-likeness (QED) is 0.421. The zero-order valence-electron chi connectivity index (χ0n) is 11.8. The van der Waals surface area contributed by atoms with Crippen LogP contribution in [0.3, 0.4) is 0 Å². The van der Waals surface area contributed by atoms with E-state index < -0.39 is 0 Å². The van der Waals surface area contributed by atoms with Gasteiger partial charge in [0.05, 0.1) is 0 Å². The Morgan fingerprint density at radius 2 is 1.75 bits per heavy atom. The van der Waals surface area contributed by atoms with Gasteiger partial charge in [0.15, 0.2) is 5.96 Å². The maximum Gasteiger partial charge on any atom is 0.191 e. The van der Waals surface area contributed by atoms with Crippen molar-refractivity contribution >= 4 is 45.9 Å². The highest BCUT2D eigenvalue weighted by Crippen LogP contribution is 2.41. The summed E-state index contributed by atoms with van der Waals surface area (Å²) in [6.07, 6.45) is 2.46. The van der Waals surface area contributed by atoms with Gasteiger partial charge < -0.3 is 10.6 Å². The van der Waals surface area contributed by atoms with E-state index in [1.165, 1.54) is 18.4 Å². The second-order valence-corrected chi connectivity index (χ2v) is 6.60. The number of rotatable bonds is 3. The number of aliphatic imine (C=N–C) groups is 1. The first-order valence-corrected chi connectivity index (χ1v) is 7.72. The summed E-state index contributed by atoms with van der Waals surface area (Å²) in [4.78, 5) is 4.31. The lowest BCUT2D eigenvalue weighted by molar-refractivity contribution is 0.754. The fraction of sp³-hybridized carbons (Fsp3) is 0.533. The summed E-state index contributed by atoms with van der Waals surface area (Å²) in [5.41, 5.74) is 1.41. The molecule has 110 valence electrons. The number of hydrogen-bond acceptors (Lipinski definition) is 1. The van der Waals surface area contributed by atoms with Gasteiger partial charge in [0.25, 0.3) is 0 Å². The van der Waals surface area contributed by atoms with Gasteiger partial charge in [-0.3, -0.25) is 4.99 Å². The minimum Gasteiger partial charge on any atom is -0.353 e. The first-order valence-electron chi connectivity index (χ1n) is 6.92. The van der Waals surface area contributed by atoms with Crippen molar-refractivity contribution in [1.29, 1.82) is 0 Å². The van der Waals surface area contributed by atoms with Gasteiger partial charge in [-0.1, -0.05) is 35.0 Å². The highest BCUT2D eigenvalue weighted by molar-refractivity contribution is 14.0. The van der Waals surface area contributed by atoms with Crippen molar-refractivity contribution in [3.05, 3.63) is 34.3 Å². The third kappa shape index (κ3) is 3.87. The van der Waals surface area contributed by atoms with Crippen molar-refractivity contribution < 1.29 is 0 Å². The summed E-state index contributed by atoms with van der Waals surface area (Å²) >= 11 is 3.48. The molecule has 0 bridgehead atoms. The van der Waals surface area contributed by atoms with Crippen LogP contribution in [-0.2, 0) is 0 Å². The Kier molecular flexibility index (Phi) is 5.34. The summed E-state index contributed by atoms with van der Waals surface area (Å²) in [6, 6.07) is 9.79. The molecule has 0 spiro atoms. The summed E-state index contributed by atoms with van der Waals surface area (Å²) in [7, 11) is 1.85. The zero-order valence-corrected chi connectivity index (χ0v) is 15.7. The van der Waals surface area contributed by atoms with Crippen LogP contribution in [0.5, 0.6) is 0 Å². The Bertz CT molecular complexity index is 488. The van der Waals surface area contributed by atoms with Crippen molar-refractivity contribution in [3.63, 3.8) is 0 Å². The van der Waals surface area contributed by atoms with E-state index in [9.17, 15) is 0 Å². The van der Waals surface area contributed by atoms with E-state index in [1.807, 2.05) is 7.05 Å². The lowest BCUT2D eigenvalue weighted by atomic mass is 10.1. The summed E-state index contributed by atoms with van der Waals surface area (Å²) in [5, 5.41) is 7.00. The van der Waals surface area contributed by atoms with Crippen molar-refractivity contribution in [1.82, 2.24) is 10.6 Å². The molecule has 4 atom stereocenters. The van der Waals surface area contributed by atoms with Crippen LogP contribution in [0.25, 0.3) is 0 Å². The van der Waals surface area contributed by atoms with Crippen molar-refractivity contribution in [2.24, 2.45) is 10.9 Å². The van der Waals surface area contributed by atoms with E-state index in [0.29, 0.717) is 18.0 Å². The predicted octanol–water partition coefficient (Wildman–Crippen LogP) is 3.50. The molecule has 1 aromatic carbocycles. The molecular weight excluding hydrogens is 429 g/mol. The number of guanidine groups is 1. The molecule has 1 aromatic rings. The summed E-state index contributed by atoms with van der Waals surface area (Å²) in [5.74, 6) is 2.38. The van der Waals surface area contributed by atoms with Gasteiger partial charge in [0.1, 0.15) is 0 Å². The van der Waals surface area contributed by atoms with Crippen molar-refractivity contribution in [2.45, 2.75) is 37.8 Å². The average molecular weight is 450 g/mol. The van der Waals surface area contributed by atoms with Gasteiger partial charge in [-0.2, -0.15) is 0 Å². The van der Waals surface area contributed by atoms with Crippen LogP contribution in [0, 0.1) is 5.92 Å². The van der Waals surface area contributed by atoms with Gasteiger partial charge >= 0.3 is 0 Å². The van der Waals surface area contributed by atoms with Crippen molar-refractivity contribution in [3.8, 4) is 0 Å². The van der Waals surface area contributed by atoms with Crippen LogP contribution in [0.1, 0.15) is 31.2 Å². The lowest BCUT2D eigenvalue weighted by Crippen LogP contribution is -2.40. The average Bonchev–Trinajstić information content (AvgIpc) is 3.30. The molecular formula is C15H21BrIN3.